The van der Waals surface area contributed by atoms with Crippen LogP contribution in [0.4, 0.5) is 17.1 Å². The molecular weight excluding hydrogens is 544 g/mol. The number of nitrogens with zero attached hydrogens (tertiary/aromatic N) is 3. The maximum absolute atomic E-state index is 13.5. The van der Waals surface area contributed by atoms with Crippen molar-refractivity contribution in [3.05, 3.63) is 54.1 Å². The number of amides is 1. The van der Waals surface area contributed by atoms with Gasteiger partial charge < -0.3 is 24.4 Å². The van der Waals surface area contributed by atoms with Crippen LogP contribution in [-0.2, 0) is 9.53 Å². The molecule has 0 aliphatic carbocycles. The van der Waals surface area contributed by atoms with Gasteiger partial charge in [0.25, 0.3) is 0 Å². The minimum atomic E-state index is -0.259. The lowest BCUT2D eigenvalue weighted by molar-refractivity contribution is -0.120. The number of carbonyl (C=O) groups is 2. The topological polar surface area (TPSA) is 104 Å². The van der Waals surface area contributed by atoms with Crippen LogP contribution in [0.5, 0.6) is 11.5 Å². The number of carbonyl (C=O) groups excluding carboxylic acids is 2. The summed E-state index contributed by atoms with van der Waals surface area (Å²) >= 11 is 1.16. The molecular formula is C30H36N4O6S. The van der Waals surface area contributed by atoms with Crippen molar-refractivity contribution in [1.82, 2.24) is 4.31 Å². The lowest BCUT2D eigenvalue weighted by Gasteiger charge is -2.33. The summed E-state index contributed by atoms with van der Waals surface area (Å²) in [4.78, 5) is 27.5. The Morgan fingerprint density at radius 1 is 1.20 bits per heavy atom. The van der Waals surface area contributed by atoms with Gasteiger partial charge in [-0.2, -0.15) is 4.47 Å². The lowest BCUT2D eigenvalue weighted by atomic mass is 9.97. The summed E-state index contributed by atoms with van der Waals surface area (Å²) in [5, 5.41) is 15.5. The molecule has 10 nitrogen and oxygen atoms in total. The minimum Gasteiger partial charge on any atom is -0.486 e. The molecule has 0 aromatic heterocycles. The summed E-state index contributed by atoms with van der Waals surface area (Å²) in [5.74, 6) is 0.914. The van der Waals surface area contributed by atoms with Crippen molar-refractivity contribution in [2.45, 2.75) is 19.3 Å². The van der Waals surface area contributed by atoms with E-state index < -0.39 is 0 Å². The molecule has 11 heteroatoms. The molecule has 0 radical (unpaired) electrons. The molecule has 1 fully saturated rings. The van der Waals surface area contributed by atoms with Gasteiger partial charge in [0.15, 0.2) is 17.8 Å². The molecule has 2 heterocycles. The van der Waals surface area contributed by atoms with E-state index in [1.54, 1.807) is 31.4 Å². The Morgan fingerprint density at radius 2 is 2.02 bits per heavy atom. The normalized spacial score (nSPS) is 16.8. The number of aldehydes is 1. The van der Waals surface area contributed by atoms with Gasteiger partial charge in [-0.15, -0.1) is 0 Å². The zero-order chi connectivity index (χ0) is 28.8. The number of nitrogens with one attached hydrogen (secondary N) is 1. The molecule has 0 bridgehead atoms. The van der Waals surface area contributed by atoms with Crippen LogP contribution in [0.15, 0.2) is 48.5 Å². The van der Waals surface area contributed by atoms with E-state index in [1.165, 1.54) is 0 Å². The van der Waals surface area contributed by atoms with E-state index in [0.717, 1.165) is 71.7 Å². The summed E-state index contributed by atoms with van der Waals surface area (Å²) < 4.78 is 19.5. The van der Waals surface area contributed by atoms with Crippen LogP contribution in [0, 0.1) is 5.92 Å². The van der Waals surface area contributed by atoms with Crippen molar-refractivity contribution < 1.29 is 29.0 Å². The number of benzene rings is 3. The first-order valence-corrected chi connectivity index (χ1v) is 14.5. The van der Waals surface area contributed by atoms with Crippen molar-refractivity contribution >= 4 is 52.2 Å². The smallest absolute Gasteiger partial charge is 0.228 e. The maximum atomic E-state index is 13.5. The van der Waals surface area contributed by atoms with Crippen molar-refractivity contribution in [3.8, 4) is 11.5 Å². The van der Waals surface area contributed by atoms with Gasteiger partial charge in [-0.05, 0) is 43.5 Å². The van der Waals surface area contributed by atoms with Crippen LogP contribution < -0.4 is 24.2 Å². The first-order valence-electron chi connectivity index (χ1n) is 13.8. The predicted octanol–water partition coefficient (Wildman–Crippen LogP) is 5.01. The first-order chi connectivity index (χ1) is 20.0. The first kappa shape index (κ1) is 29.0. The number of hydrogen-bond donors (Lipinski definition) is 2. The Hall–Kier alpha value is -3.51. The predicted molar refractivity (Wildman–Crippen MR) is 161 cm³/mol. The van der Waals surface area contributed by atoms with Gasteiger partial charge in [0.1, 0.15) is 13.2 Å². The molecule has 41 heavy (non-hydrogen) atoms. The van der Waals surface area contributed by atoms with E-state index in [-0.39, 0.29) is 11.8 Å². The number of ether oxygens (including phenoxy) is 3. The Labute approximate surface area is 244 Å². The fraction of sp³-hybridized carbons (Fsp3) is 0.400. The SMILES string of the molecule is COCCCN(C)c1ccc(NC(=O)C2CCCN(SN(O)c3ccc4c(c3)OCCO4)C2)c2cccc(C=O)c12. The molecule has 2 N–H and O–H groups in total. The molecule has 218 valence electrons. The molecule has 2 aliphatic heterocycles. The van der Waals surface area contributed by atoms with Gasteiger partial charge in [-0.3, -0.25) is 14.8 Å². The van der Waals surface area contributed by atoms with Crippen molar-refractivity contribution in [2.24, 2.45) is 5.92 Å². The van der Waals surface area contributed by atoms with Crippen LogP contribution in [0.3, 0.4) is 0 Å². The highest BCUT2D eigenvalue weighted by Gasteiger charge is 2.28. The van der Waals surface area contributed by atoms with E-state index >= 15 is 0 Å². The molecule has 1 atom stereocenters. The largest absolute Gasteiger partial charge is 0.486 e. The maximum Gasteiger partial charge on any atom is 0.228 e. The van der Waals surface area contributed by atoms with Gasteiger partial charge >= 0.3 is 0 Å². The van der Waals surface area contributed by atoms with Crippen LogP contribution in [0.2, 0.25) is 0 Å². The van der Waals surface area contributed by atoms with Crippen molar-refractivity contribution in [3.63, 3.8) is 0 Å². The van der Waals surface area contributed by atoms with Gasteiger partial charge in [0, 0.05) is 74.2 Å². The fourth-order valence-corrected chi connectivity index (χ4v) is 6.16. The fourth-order valence-electron chi connectivity index (χ4n) is 5.28. The monoisotopic (exact) mass is 580 g/mol. The van der Waals surface area contributed by atoms with E-state index in [0.29, 0.717) is 54.8 Å². The van der Waals surface area contributed by atoms with Crippen LogP contribution in [0.1, 0.15) is 29.6 Å². The standard InChI is InChI=1S/C30H36N4O6S/c1-32(13-5-15-38-2)26-11-10-25(24-8-3-6-22(20-35)29(24)26)31-30(36)21-7-4-14-33(19-21)41-34(37)23-9-12-27-28(18-23)40-17-16-39-27/h3,6,8-12,18,20-21,37H,4-5,7,13-17,19H2,1-2H3,(H,31,36). The van der Waals surface area contributed by atoms with Gasteiger partial charge in [0.05, 0.1) is 23.7 Å². The van der Waals surface area contributed by atoms with Crippen molar-refractivity contribution in [1.29, 1.82) is 0 Å². The zero-order valence-corrected chi connectivity index (χ0v) is 24.2. The Balaban J connectivity index is 1.28. The Kier molecular flexibility index (Phi) is 9.50. The highest BCUT2D eigenvalue weighted by Crippen LogP contribution is 2.37. The van der Waals surface area contributed by atoms with E-state index in [9.17, 15) is 14.8 Å². The molecule has 1 unspecified atom stereocenters. The Morgan fingerprint density at radius 3 is 2.83 bits per heavy atom. The highest BCUT2D eigenvalue weighted by atomic mass is 32.2. The quantitative estimate of drug-likeness (QED) is 0.139. The highest BCUT2D eigenvalue weighted by molar-refractivity contribution is 7.98. The van der Waals surface area contributed by atoms with E-state index in [1.807, 2.05) is 35.6 Å². The second-order valence-corrected chi connectivity index (χ2v) is 11.2. The number of anilines is 3. The van der Waals surface area contributed by atoms with Gasteiger partial charge in [-0.1, -0.05) is 18.2 Å². The Bertz CT molecular complexity index is 1390. The summed E-state index contributed by atoms with van der Waals surface area (Å²) in [7, 11) is 3.68. The number of methoxy groups -OCH3 is 1. The van der Waals surface area contributed by atoms with Crippen LogP contribution in [0.25, 0.3) is 10.8 Å². The average molecular weight is 581 g/mol. The second-order valence-electron chi connectivity index (χ2n) is 10.2. The molecule has 1 saturated heterocycles. The second kappa shape index (κ2) is 13.4. The molecule has 3 aromatic rings. The molecule has 0 spiro atoms. The zero-order valence-electron chi connectivity index (χ0n) is 23.4. The third kappa shape index (κ3) is 6.70. The molecule has 1 amide bonds. The van der Waals surface area contributed by atoms with Crippen LogP contribution in [-0.4, -0.2) is 75.3 Å². The summed E-state index contributed by atoms with van der Waals surface area (Å²) in [6.45, 7) is 3.62. The number of rotatable bonds is 11. The summed E-state index contributed by atoms with van der Waals surface area (Å²) in [6, 6.07) is 14.7. The third-order valence-corrected chi connectivity index (χ3v) is 8.31. The average Bonchev–Trinajstić information content (AvgIpc) is 3.00. The van der Waals surface area contributed by atoms with Crippen LogP contribution >= 0.6 is 12.1 Å². The summed E-state index contributed by atoms with van der Waals surface area (Å²) in [6.07, 6.45) is 3.28. The number of hydrogen-bond acceptors (Lipinski definition) is 10. The number of piperidine rings is 1. The molecule has 2 aliphatic rings. The minimum absolute atomic E-state index is 0.0851. The third-order valence-electron chi connectivity index (χ3n) is 7.38. The van der Waals surface area contributed by atoms with E-state index in [2.05, 4.69) is 10.2 Å². The lowest BCUT2D eigenvalue weighted by Crippen LogP contribution is -2.39. The van der Waals surface area contributed by atoms with E-state index in [4.69, 9.17) is 14.2 Å². The molecule has 5 rings (SSSR count). The molecule has 0 saturated carbocycles. The van der Waals surface area contributed by atoms with Gasteiger partial charge in [0.2, 0.25) is 5.91 Å². The van der Waals surface area contributed by atoms with Gasteiger partial charge in [-0.25, -0.2) is 4.31 Å². The van der Waals surface area contributed by atoms with Crippen molar-refractivity contribution in [2.75, 3.05) is 68.3 Å². The molecule has 3 aromatic carbocycles. The number of fused-ring (bicyclic) bond motifs is 2. The summed E-state index contributed by atoms with van der Waals surface area (Å²) in [5.41, 5.74) is 2.75.